The lowest BCUT2D eigenvalue weighted by Crippen LogP contribution is -2.46. The molecule has 1 saturated carbocycles. The number of hydrogen-bond acceptors (Lipinski definition) is 5. The van der Waals surface area contributed by atoms with Crippen molar-refractivity contribution in [2.24, 2.45) is 0 Å². The lowest BCUT2D eigenvalue weighted by molar-refractivity contribution is -0.142. The molecule has 1 aromatic carbocycles. The third-order valence-electron chi connectivity index (χ3n) is 4.02. The summed E-state index contributed by atoms with van der Waals surface area (Å²) in [4.78, 5) is 14.2. The van der Waals surface area contributed by atoms with Crippen LogP contribution in [0.1, 0.15) is 19.8 Å². The van der Waals surface area contributed by atoms with Crippen molar-refractivity contribution in [2.45, 2.75) is 36.8 Å². The van der Waals surface area contributed by atoms with Gasteiger partial charge in [0.2, 0.25) is 10.0 Å². The fourth-order valence-electron chi connectivity index (χ4n) is 2.48. The van der Waals surface area contributed by atoms with Crippen LogP contribution in [0, 0.1) is 0 Å². The zero-order chi connectivity index (χ0) is 17.2. The summed E-state index contributed by atoms with van der Waals surface area (Å²) in [6, 6.07) is 6.20. The van der Waals surface area contributed by atoms with E-state index < -0.39 is 16.1 Å². The van der Waals surface area contributed by atoms with Crippen LogP contribution in [0.15, 0.2) is 29.2 Å². The molecule has 24 heavy (non-hydrogen) atoms. The Labute approximate surface area is 142 Å². The van der Waals surface area contributed by atoms with Crippen LogP contribution >= 0.6 is 0 Å². The molecule has 0 aromatic heterocycles. The normalized spacial score (nSPS) is 19.8. The van der Waals surface area contributed by atoms with Gasteiger partial charge in [0.25, 0.3) is 5.91 Å². The molecule has 3 rings (SSSR count). The van der Waals surface area contributed by atoms with Gasteiger partial charge in [-0.15, -0.1) is 0 Å². The van der Waals surface area contributed by atoms with Gasteiger partial charge in [-0.05, 0) is 44.0 Å². The molecule has 8 heteroatoms. The number of nitrogens with zero attached hydrogens (tertiary/aromatic N) is 1. The first kappa shape index (κ1) is 17.2. The Kier molecular flexibility index (Phi) is 5.07. The highest BCUT2D eigenvalue weighted by Gasteiger charge is 2.28. The summed E-state index contributed by atoms with van der Waals surface area (Å²) in [5, 5.41) is 0. The molecule has 0 unspecified atom stereocenters. The molecule has 7 nitrogen and oxygen atoms in total. The number of carbonyl (C=O) groups is 1. The van der Waals surface area contributed by atoms with Gasteiger partial charge in [-0.1, -0.05) is 0 Å². The first-order valence-electron chi connectivity index (χ1n) is 8.11. The summed E-state index contributed by atoms with van der Waals surface area (Å²) >= 11 is 0. The van der Waals surface area contributed by atoms with E-state index in [1.807, 2.05) is 0 Å². The smallest absolute Gasteiger partial charge is 0.263 e. The summed E-state index contributed by atoms with van der Waals surface area (Å²) in [6.07, 6.45) is 1.15. The molecule has 1 amide bonds. The maximum atomic E-state index is 12.3. The molecule has 2 fully saturated rings. The van der Waals surface area contributed by atoms with Crippen molar-refractivity contribution in [3.05, 3.63) is 24.3 Å². The van der Waals surface area contributed by atoms with E-state index in [0.717, 1.165) is 12.8 Å². The summed E-state index contributed by atoms with van der Waals surface area (Å²) in [5.41, 5.74) is 0. The Morgan fingerprint density at radius 3 is 2.46 bits per heavy atom. The average Bonchev–Trinajstić information content (AvgIpc) is 3.38. The molecule has 0 spiro atoms. The predicted molar refractivity (Wildman–Crippen MR) is 87.3 cm³/mol. The van der Waals surface area contributed by atoms with Gasteiger partial charge in [-0.2, -0.15) is 0 Å². The minimum absolute atomic E-state index is 0.0668. The van der Waals surface area contributed by atoms with E-state index >= 15 is 0 Å². The van der Waals surface area contributed by atoms with E-state index in [-0.39, 0.29) is 16.8 Å². The van der Waals surface area contributed by atoms with Crippen molar-refractivity contribution >= 4 is 15.9 Å². The summed E-state index contributed by atoms with van der Waals surface area (Å²) < 4.78 is 37.7. The highest BCUT2D eigenvalue weighted by Crippen LogP contribution is 2.23. The Morgan fingerprint density at radius 1 is 1.25 bits per heavy atom. The molecule has 1 aliphatic heterocycles. The second kappa shape index (κ2) is 7.08. The zero-order valence-corrected chi connectivity index (χ0v) is 14.4. The van der Waals surface area contributed by atoms with Crippen molar-refractivity contribution in [1.82, 2.24) is 9.62 Å². The second-order valence-corrected chi connectivity index (χ2v) is 7.78. The van der Waals surface area contributed by atoms with E-state index in [2.05, 4.69) is 4.72 Å². The summed E-state index contributed by atoms with van der Waals surface area (Å²) in [6.45, 7) is 3.90. The van der Waals surface area contributed by atoms with Gasteiger partial charge < -0.3 is 14.4 Å². The quantitative estimate of drug-likeness (QED) is 0.815. The van der Waals surface area contributed by atoms with E-state index in [1.165, 1.54) is 12.1 Å². The molecule has 1 atom stereocenters. The van der Waals surface area contributed by atoms with Crippen LogP contribution in [0.4, 0.5) is 0 Å². The highest BCUT2D eigenvalue weighted by molar-refractivity contribution is 7.89. The molecule has 1 heterocycles. The number of rotatable bonds is 6. The topological polar surface area (TPSA) is 84.9 Å². The number of carbonyl (C=O) groups excluding carboxylic acids is 1. The minimum atomic E-state index is -3.47. The minimum Gasteiger partial charge on any atom is -0.481 e. The molecule has 0 bridgehead atoms. The number of morpholine rings is 1. The van der Waals surface area contributed by atoms with E-state index in [4.69, 9.17) is 9.47 Å². The first-order valence-corrected chi connectivity index (χ1v) is 9.59. The summed E-state index contributed by atoms with van der Waals surface area (Å²) in [7, 11) is -3.47. The van der Waals surface area contributed by atoms with Crippen molar-refractivity contribution in [3.63, 3.8) is 0 Å². The fraction of sp³-hybridized carbons (Fsp3) is 0.562. The van der Waals surface area contributed by atoms with Gasteiger partial charge in [0.1, 0.15) is 5.75 Å². The number of amides is 1. The maximum absolute atomic E-state index is 12.3. The number of ether oxygens (including phenoxy) is 2. The van der Waals surface area contributed by atoms with Crippen LogP contribution < -0.4 is 9.46 Å². The van der Waals surface area contributed by atoms with Crippen LogP contribution in [-0.4, -0.2) is 57.7 Å². The van der Waals surface area contributed by atoms with Gasteiger partial charge in [0, 0.05) is 19.1 Å². The van der Waals surface area contributed by atoms with Crippen molar-refractivity contribution in [1.29, 1.82) is 0 Å². The van der Waals surface area contributed by atoms with Crippen LogP contribution in [-0.2, 0) is 19.6 Å². The predicted octanol–water partition coefficient (Wildman–Crippen LogP) is 0.753. The van der Waals surface area contributed by atoms with Gasteiger partial charge in [0.15, 0.2) is 6.10 Å². The average molecular weight is 354 g/mol. The zero-order valence-electron chi connectivity index (χ0n) is 13.6. The molecular weight excluding hydrogens is 332 g/mol. The Hall–Kier alpha value is -1.64. The van der Waals surface area contributed by atoms with Crippen LogP contribution in [0.5, 0.6) is 5.75 Å². The third kappa shape index (κ3) is 4.25. The van der Waals surface area contributed by atoms with Gasteiger partial charge in [0.05, 0.1) is 18.1 Å². The molecule has 1 aromatic rings. The third-order valence-corrected chi connectivity index (χ3v) is 5.55. The Balaban J connectivity index is 1.59. The SMILES string of the molecule is C[C@@H](Oc1ccc(S(=O)(=O)NC2CC2)cc1)C(=O)N1CCOCC1. The Bertz CT molecular complexity index is 679. The molecule has 1 N–H and O–H groups in total. The van der Waals surface area contributed by atoms with Gasteiger partial charge >= 0.3 is 0 Å². The van der Waals surface area contributed by atoms with Crippen molar-refractivity contribution in [3.8, 4) is 5.75 Å². The molecular formula is C16H22N2O5S. The van der Waals surface area contributed by atoms with Crippen LogP contribution in [0.2, 0.25) is 0 Å². The number of nitrogens with one attached hydrogen (secondary N) is 1. The van der Waals surface area contributed by atoms with E-state index in [9.17, 15) is 13.2 Å². The molecule has 2 aliphatic rings. The lowest BCUT2D eigenvalue weighted by atomic mass is 10.3. The first-order chi connectivity index (χ1) is 11.5. The number of sulfonamides is 1. The van der Waals surface area contributed by atoms with Gasteiger partial charge in [-0.3, -0.25) is 4.79 Å². The van der Waals surface area contributed by atoms with E-state index in [1.54, 1.807) is 24.0 Å². The monoisotopic (exact) mass is 354 g/mol. The standard InChI is InChI=1S/C16H22N2O5S/c1-12(16(19)18-8-10-22-11-9-18)23-14-4-6-15(7-5-14)24(20,21)17-13-2-3-13/h4-7,12-13,17H,2-3,8-11H2,1H3/t12-/m1/s1. The lowest BCUT2D eigenvalue weighted by Gasteiger charge is -2.29. The fourth-order valence-corrected chi connectivity index (χ4v) is 3.79. The van der Waals surface area contributed by atoms with E-state index in [0.29, 0.717) is 32.1 Å². The largest absolute Gasteiger partial charge is 0.481 e. The van der Waals surface area contributed by atoms with Crippen molar-refractivity contribution < 1.29 is 22.7 Å². The van der Waals surface area contributed by atoms with Crippen LogP contribution in [0.3, 0.4) is 0 Å². The Morgan fingerprint density at radius 2 is 1.88 bits per heavy atom. The van der Waals surface area contributed by atoms with Gasteiger partial charge in [-0.25, -0.2) is 13.1 Å². The second-order valence-electron chi connectivity index (χ2n) is 6.06. The molecule has 1 aliphatic carbocycles. The summed E-state index contributed by atoms with van der Waals surface area (Å²) in [5.74, 6) is 0.375. The number of hydrogen-bond donors (Lipinski definition) is 1. The molecule has 1 saturated heterocycles. The molecule has 0 radical (unpaired) electrons. The maximum Gasteiger partial charge on any atom is 0.263 e. The van der Waals surface area contributed by atoms with Crippen molar-refractivity contribution in [2.75, 3.05) is 26.3 Å². The number of benzene rings is 1. The highest BCUT2D eigenvalue weighted by atomic mass is 32.2. The molecule has 132 valence electrons. The van der Waals surface area contributed by atoms with Crippen LogP contribution in [0.25, 0.3) is 0 Å².